The first kappa shape index (κ1) is 15.5. The Morgan fingerprint density at radius 1 is 1.17 bits per heavy atom. The number of fused-ring (bicyclic) bond motifs is 1. The van der Waals surface area contributed by atoms with E-state index in [9.17, 15) is 4.79 Å². The van der Waals surface area contributed by atoms with Crippen molar-refractivity contribution in [3.63, 3.8) is 0 Å². The van der Waals surface area contributed by atoms with E-state index in [4.69, 9.17) is 4.74 Å². The minimum absolute atomic E-state index is 0.239. The van der Waals surface area contributed by atoms with Crippen molar-refractivity contribution in [2.24, 2.45) is 0 Å². The monoisotopic (exact) mass is 314 g/mol. The molecule has 0 atom stereocenters. The largest absolute Gasteiger partial charge is 0.444 e. The summed E-state index contributed by atoms with van der Waals surface area (Å²) in [5.74, 6) is 0. The third-order valence-corrected chi connectivity index (χ3v) is 3.79. The quantitative estimate of drug-likeness (QED) is 0.810. The number of carbonyl (C=O) groups is 1. The SMILES string of the molecule is CC(C)(C)OC(=O)N1CCN(c2cccc3cncnc23)CC1. The van der Waals surface area contributed by atoms with Gasteiger partial charge >= 0.3 is 6.09 Å². The number of nitrogens with zero attached hydrogens (tertiary/aromatic N) is 4. The lowest BCUT2D eigenvalue weighted by Crippen LogP contribution is -2.50. The van der Waals surface area contributed by atoms with Crippen molar-refractivity contribution >= 4 is 22.7 Å². The van der Waals surface area contributed by atoms with Crippen LogP contribution in [-0.4, -0.2) is 52.7 Å². The Balaban J connectivity index is 1.70. The van der Waals surface area contributed by atoms with E-state index >= 15 is 0 Å². The number of para-hydroxylation sites is 1. The van der Waals surface area contributed by atoms with Crippen molar-refractivity contribution in [2.45, 2.75) is 26.4 Å². The Bertz CT molecular complexity index is 698. The zero-order valence-electron chi connectivity index (χ0n) is 13.8. The van der Waals surface area contributed by atoms with E-state index in [1.54, 1.807) is 11.2 Å². The molecule has 1 amide bonds. The molecule has 0 N–H and O–H groups in total. The van der Waals surface area contributed by atoms with Gasteiger partial charge in [0.15, 0.2) is 0 Å². The Hall–Kier alpha value is -2.37. The number of ether oxygens (including phenoxy) is 1. The standard InChI is InChI=1S/C17H22N4O2/c1-17(2,3)23-16(22)21-9-7-20(8-10-21)14-6-4-5-13-11-18-12-19-15(13)14/h4-6,11-12H,7-10H2,1-3H3. The normalized spacial score (nSPS) is 15.8. The molecular formula is C17H22N4O2. The first-order valence-corrected chi connectivity index (χ1v) is 7.86. The molecule has 2 aromatic rings. The van der Waals surface area contributed by atoms with Gasteiger partial charge in [0.2, 0.25) is 0 Å². The summed E-state index contributed by atoms with van der Waals surface area (Å²) in [6.07, 6.45) is 3.16. The van der Waals surface area contributed by atoms with Gasteiger partial charge in [-0.3, -0.25) is 0 Å². The first-order valence-electron chi connectivity index (χ1n) is 7.86. The van der Waals surface area contributed by atoms with Gasteiger partial charge in [0.05, 0.1) is 11.2 Å². The van der Waals surface area contributed by atoms with Crippen LogP contribution < -0.4 is 4.90 Å². The maximum absolute atomic E-state index is 12.1. The highest BCUT2D eigenvalue weighted by molar-refractivity contribution is 5.90. The molecule has 1 aromatic heterocycles. The van der Waals surface area contributed by atoms with Gasteiger partial charge in [-0.15, -0.1) is 0 Å². The third-order valence-electron chi connectivity index (χ3n) is 3.79. The second-order valence-corrected chi connectivity index (χ2v) is 6.69. The van der Waals surface area contributed by atoms with E-state index in [2.05, 4.69) is 20.9 Å². The Kier molecular flexibility index (Phi) is 4.07. The fraction of sp³-hybridized carbons (Fsp3) is 0.471. The molecule has 1 fully saturated rings. The number of carbonyl (C=O) groups excluding carboxylic acids is 1. The van der Waals surface area contributed by atoms with Crippen molar-refractivity contribution in [3.05, 3.63) is 30.7 Å². The van der Waals surface area contributed by atoms with Gasteiger partial charge in [0.25, 0.3) is 0 Å². The van der Waals surface area contributed by atoms with Gasteiger partial charge in [0.1, 0.15) is 11.9 Å². The van der Waals surface area contributed by atoms with Gasteiger partial charge in [-0.1, -0.05) is 12.1 Å². The summed E-state index contributed by atoms with van der Waals surface area (Å²) in [4.78, 5) is 24.6. The summed E-state index contributed by atoms with van der Waals surface area (Å²) in [7, 11) is 0. The van der Waals surface area contributed by atoms with E-state index in [1.807, 2.05) is 39.1 Å². The van der Waals surface area contributed by atoms with Crippen molar-refractivity contribution in [3.8, 4) is 0 Å². The minimum atomic E-state index is -0.458. The topological polar surface area (TPSA) is 58.6 Å². The molecule has 2 heterocycles. The van der Waals surface area contributed by atoms with Crippen LogP contribution in [0, 0.1) is 0 Å². The molecule has 122 valence electrons. The Morgan fingerprint density at radius 2 is 1.91 bits per heavy atom. The van der Waals surface area contributed by atoms with Gasteiger partial charge in [0, 0.05) is 37.8 Å². The third kappa shape index (κ3) is 3.52. The molecule has 0 radical (unpaired) electrons. The van der Waals surface area contributed by atoms with Gasteiger partial charge in [-0.25, -0.2) is 14.8 Å². The molecule has 0 unspecified atom stereocenters. The van der Waals surface area contributed by atoms with Gasteiger partial charge in [-0.2, -0.15) is 0 Å². The molecule has 6 nitrogen and oxygen atoms in total. The number of aromatic nitrogens is 2. The lowest BCUT2D eigenvalue weighted by atomic mass is 10.2. The average molecular weight is 314 g/mol. The van der Waals surface area contributed by atoms with E-state index < -0.39 is 5.60 Å². The first-order chi connectivity index (χ1) is 10.9. The second kappa shape index (κ2) is 6.02. The van der Waals surface area contributed by atoms with Crippen LogP contribution in [0.4, 0.5) is 10.5 Å². The highest BCUT2D eigenvalue weighted by Crippen LogP contribution is 2.25. The predicted molar refractivity (Wildman–Crippen MR) is 89.6 cm³/mol. The van der Waals surface area contributed by atoms with Gasteiger partial charge < -0.3 is 14.5 Å². The van der Waals surface area contributed by atoms with Crippen molar-refractivity contribution < 1.29 is 9.53 Å². The molecule has 0 spiro atoms. The number of piperazine rings is 1. The molecule has 0 bridgehead atoms. The number of rotatable bonds is 1. The van der Waals surface area contributed by atoms with Crippen LogP contribution in [0.15, 0.2) is 30.7 Å². The number of hydrogen-bond acceptors (Lipinski definition) is 5. The molecule has 0 saturated carbocycles. The maximum atomic E-state index is 12.1. The predicted octanol–water partition coefficient (Wildman–Crippen LogP) is 2.69. The maximum Gasteiger partial charge on any atom is 0.410 e. The van der Waals surface area contributed by atoms with Crippen molar-refractivity contribution in [1.82, 2.24) is 14.9 Å². The molecule has 6 heteroatoms. The van der Waals surface area contributed by atoms with E-state index in [-0.39, 0.29) is 6.09 Å². The zero-order valence-corrected chi connectivity index (χ0v) is 13.8. The van der Waals surface area contributed by atoms with E-state index in [0.29, 0.717) is 13.1 Å². The summed E-state index contributed by atoms with van der Waals surface area (Å²) in [6.45, 7) is 8.49. The average Bonchev–Trinajstić information content (AvgIpc) is 2.53. The van der Waals surface area contributed by atoms with Crippen molar-refractivity contribution in [1.29, 1.82) is 0 Å². The van der Waals surface area contributed by atoms with E-state index in [0.717, 1.165) is 29.7 Å². The zero-order chi connectivity index (χ0) is 16.4. The van der Waals surface area contributed by atoms with Crippen LogP contribution in [-0.2, 0) is 4.74 Å². The Morgan fingerprint density at radius 3 is 2.61 bits per heavy atom. The molecule has 1 aliphatic heterocycles. The lowest BCUT2D eigenvalue weighted by molar-refractivity contribution is 0.0241. The second-order valence-electron chi connectivity index (χ2n) is 6.69. The molecule has 3 rings (SSSR count). The highest BCUT2D eigenvalue weighted by Gasteiger charge is 2.26. The fourth-order valence-electron chi connectivity index (χ4n) is 2.71. The minimum Gasteiger partial charge on any atom is -0.444 e. The Labute approximate surface area is 136 Å². The van der Waals surface area contributed by atoms with Crippen LogP contribution in [0.1, 0.15) is 20.8 Å². The van der Waals surface area contributed by atoms with Crippen LogP contribution >= 0.6 is 0 Å². The molecule has 1 saturated heterocycles. The highest BCUT2D eigenvalue weighted by atomic mass is 16.6. The molecule has 1 aliphatic rings. The summed E-state index contributed by atoms with van der Waals surface area (Å²) in [5, 5.41) is 1.03. The van der Waals surface area contributed by atoms with Crippen LogP contribution in [0.25, 0.3) is 10.9 Å². The van der Waals surface area contributed by atoms with Crippen LogP contribution in [0.5, 0.6) is 0 Å². The van der Waals surface area contributed by atoms with E-state index in [1.165, 1.54) is 0 Å². The van der Waals surface area contributed by atoms with Gasteiger partial charge in [-0.05, 0) is 26.8 Å². The van der Waals surface area contributed by atoms with Crippen LogP contribution in [0.2, 0.25) is 0 Å². The molecule has 23 heavy (non-hydrogen) atoms. The summed E-state index contributed by atoms with van der Waals surface area (Å²) in [6, 6.07) is 6.09. The summed E-state index contributed by atoms with van der Waals surface area (Å²) < 4.78 is 5.44. The summed E-state index contributed by atoms with van der Waals surface area (Å²) >= 11 is 0. The number of benzene rings is 1. The lowest BCUT2D eigenvalue weighted by Gasteiger charge is -2.36. The van der Waals surface area contributed by atoms with Crippen LogP contribution in [0.3, 0.4) is 0 Å². The number of amides is 1. The number of anilines is 1. The summed E-state index contributed by atoms with van der Waals surface area (Å²) in [5.41, 5.74) is 1.59. The molecule has 0 aliphatic carbocycles. The molecular weight excluding hydrogens is 292 g/mol. The fourth-order valence-corrected chi connectivity index (χ4v) is 2.71. The smallest absolute Gasteiger partial charge is 0.410 e. The van der Waals surface area contributed by atoms with Crippen molar-refractivity contribution in [2.75, 3.05) is 31.1 Å². The molecule has 1 aromatic carbocycles. The number of hydrogen-bond donors (Lipinski definition) is 0.